The van der Waals surface area contributed by atoms with Gasteiger partial charge in [0.15, 0.2) is 0 Å². The molecule has 0 bridgehead atoms. The van der Waals surface area contributed by atoms with Crippen molar-refractivity contribution in [2.45, 2.75) is 35.6 Å². The Bertz CT molecular complexity index is 566. The molecule has 1 aromatic rings. The smallest absolute Gasteiger partial charge is 0.243 e. The van der Waals surface area contributed by atoms with Gasteiger partial charge in [-0.05, 0) is 43.2 Å². The second kappa shape index (κ2) is 7.83. The molecule has 0 aromatic heterocycles. The molecule has 4 nitrogen and oxygen atoms in total. The lowest BCUT2D eigenvalue weighted by Crippen LogP contribution is -2.51. The first-order chi connectivity index (χ1) is 9.50. The van der Waals surface area contributed by atoms with Crippen molar-refractivity contribution >= 4 is 34.2 Å². The van der Waals surface area contributed by atoms with Crippen molar-refractivity contribution in [2.75, 3.05) is 19.3 Å². The van der Waals surface area contributed by atoms with Gasteiger partial charge in [0.05, 0.1) is 4.90 Å². The molecule has 0 amide bonds. The molecule has 21 heavy (non-hydrogen) atoms. The van der Waals surface area contributed by atoms with Gasteiger partial charge in [-0.1, -0.05) is 13.0 Å². The molecule has 0 aliphatic carbocycles. The lowest BCUT2D eigenvalue weighted by atomic mass is 9.93. The molecule has 1 aliphatic heterocycles. The summed E-state index contributed by atoms with van der Waals surface area (Å²) in [6, 6.07) is 7.04. The highest BCUT2D eigenvalue weighted by atomic mass is 35.5. The standard InChI is InChI=1S/C14H22N2O2S2.ClH/c1-11-5-4-8-16(14(11)10-15)20(17,18)13-7-3-6-12(9-13)19-2;/h3,6-7,9,11,14H,4-5,8,10,15H2,1-2H3;1H. The Kier molecular flexibility index (Phi) is 7.00. The number of piperidine rings is 1. The third-order valence-corrected chi connectivity index (χ3v) is 6.60. The number of benzene rings is 1. The zero-order valence-electron chi connectivity index (χ0n) is 12.4. The van der Waals surface area contributed by atoms with E-state index < -0.39 is 10.0 Å². The molecular weight excluding hydrogens is 328 g/mol. The van der Waals surface area contributed by atoms with E-state index in [1.165, 1.54) is 0 Å². The summed E-state index contributed by atoms with van der Waals surface area (Å²) in [7, 11) is -3.45. The van der Waals surface area contributed by atoms with Crippen LogP contribution in [0.15, 0.2) is 34.1 Å². The van der Waals surface area contributed by atoms with Gasteiger partial charge in [-0.2, -0.15) is 4.31 Å². The number of hydrogen-bond donors (Lipinski definition) is 1. The van der Waals surface area contributed by atoms with Crippen LogP contribution in [0.1, 0.15) is 19.8 Å². The molecule has 2 rings (SSSR count). The van der Waals surface area contributed by atoms with Gasteiger partial charge < -0.3 is 5.73 Å². The molecule has 2 atom stereocenters. The van der Waals surface area contributed by atoms with Crippen LogP contribution in [0.5, 0.6) is 0 Å². The van der Waals surface area contributed by atoms with E-state index in [1.807, 2.05) is 12.3 Å². The van der Waals surface area contributed by atoms with Crippen molar-refractivity contribution in [3.05, 3.63) is 24.3 Å². The average molecular weight is 351 g/mol. The van der Waals surface area contributed by atoms with Crippen molar-refractivity contribution < 1.29 is 8.42 Å². The highest BCUT2D eigenvalue weighted by Crippen LogP contribution is 2.29. The summed E-state index contributed by atoms with van der Waals surface area (Å²) in [5.74, 6) is 0.312. The predicted octanol–water partition coefficient (Wildman–Crippen LogP) is 2.58. The topological polar surface area (TPSA) is 63.4 Å². The number of nitrogens with two attached hydrogens (primary N) is 1. The van der Waals surface area contributed by atoms with Crippen molar-refractivity contribution in [1.82, 2.24) is 4.31 Å². The molecule has 0 saturated carbocycles. The third kappa shape index (κ3) is 3.93. The van der Waals surface area contributed by atoms with Gasteiger partial charge >= 0.3 is 0 Å². The molecule has 1 saturated heterocycles. The Morgan fingerprint density at radius 2 is 2.14 bits per heavy atom. The first kappa shape index (κ1) is 18.8. The largest absolute Gasteiger partial charge is 0.329 e. The summed E-state index contributed by atoms with van der Waals surface area (Å²) in [6.45, 7) is 3.03. The molecule has 2 unspecified atom stereocenters. The summed E-state index contributed by atoms with van der Waals surface area (Å²) in [5, 5.41) is 0. The molecule has 1 aromatic carbocycles. The van der Waals surface area contributed by atoms with Crippen LogP contribution in [-0.2, 0) is 10.0 Å². The normalized spacial score (nSPS) is 23.6. The van der Waals surface area contributed by atoms with Gasteiger partial charge in [0, 0.05) is 24.0 Å². The fourth-order valence-electron chi connectivity index (χ4n) is 2.76. The number of hydrogen-bond acceptors (Lipinski definition) is 4. The van der Waals surface area contributed by atoms with Crippen LogP contribution in [0.4, 0.5) is 0 Å². The summed E-state index contributed by atoms with van der Waals surface area (Å²) in [6.07, 6.45) is 3.88. The van der Waals surface area contributed by atoms with Crippen molar-refractivity contribution in [3.8, 4) is 0 Å². The maximum absolute atomic E-state index is 12.8. The van der Waals surface area contributed by atoms with E-state index >= 15 is 0 Å². The van der Waals surface area contributed by atoms with Crippen LogP contribution >= 0.6 is 24.2 Å². The van der Waals surface area contributed by atoms with E-state index in [9.17, 15) is 8.42 Å². The minimum Gasteiger partial charge on any atom is -0.329 e. The van der Waals surface area contributed by atoms with Crippen LogP contribution in [0.3, 0.4) is 0 Å². The summed E-state index contributed by atoms with van der Waals surface area (Å²) < 4.78 is 27.3. The van der Waals surface area contributed by atoms with E-state index in [4.69, 9.17) is 5.73 Å². The van der Waals surface area contributed by atoms with Crippen LogP contribution in [0, 0.1) is 5.92 Å². The van der Waals surface area contributed by atoms with Gasteiger partial charge in [-0.3, -0.25) is 0 Å². The molecule has 2 N–H and O–H groups in total. The highest BCUT2D eigenvalue weighted by molar-refractivity contribution is 7.98. The minimum atomic E-state index is -3.45. The summed E-state index contributed by atoms with van der Waals surface area (Å²) in [4.78, 5) is 1.33. The Labute approximate surface area is 137 Å². The summed E-state index contributed by atoms with van der Waals surface area (Å²) in [5.41, 5.74) is 5.80. The molecule has 7 heteroatoms. The van der Waals surface area contributed by atoms with Crippen LogP contribution < -0.4 is 5.73 Å². The first-order valence-corrected chi connectivity index (χ1v) is 9.53. The molecule has 0 spiro atoms. The zero-order valence-corrected chi connectivity index (χ0v) is 14.8. The lowest BCUT2D eigenvalue weighted by molar-refractivity contribution is 0.192. The number of sulfonamides is 1. The van der Waals surface area contributed by atoms with E-state index in [2.05, 4.69) is 6.92 Å². The highest BCUT2D eigenvalue weighted by Gasteiger charge is 2.36. The number of thioether (sulfide) groups is 1. The van der Waals surface area contributed by atoms with Gasteiger partial charge in [0.2, 0.25) is 10.0 Å². The third-order valence-electron chi connectivity index (χ3n) is 3.95. The molecule has 0 radical (unpaired) electrons. The fraction of sp³-hybridized carbons (Fsp3) is 0.571. The number of rotatable bonds is 4. The Morgan fingerprint density at radius 3 is 2.76 bits per heavy atom. The van der Waals surface area contributed by atoms with Crippen molar-refractivity contribution in [2.24, 2.45) is 11.7 Å². The van der Waals surface area contributed by atoms with E-state index in [-0.39, 0.29) is 18.4 Å². The summed E-state index contributed by atoms with van der Waals surface area (Å²) >= 11 is 1.55. The maximum Gasteiger partial charge on any atom is 0.243 e. The predicted molar refractivity (Wildman–Crippen MR) is 90.6 cm³/mol. The second-order valence-corrected chi connectivity index (χ2v) is 7.99. The van der Waals surface area contributed by atoms with Gasteiger partial charge in [-0.25, -0.2) is 8.42 Å². The lowest BCUT2D eigenvalue weighted by Gasteiger charge is -2.38. The monoisotopic (exact) mass is 350 g/mol. The Morgan fingerprint density at radius 1 is 1.43 bits per heavy atom. The van der Waals surface area contributed by atoms with Crippen LogP contribution in [-0.4, -0.2) is 38.1 Å². The van der Waals surface area contributed by atoms with Crippen molar-refractivity contribution in [3.63, 3.8) is 0 Å². The number of nitrogens with zero attached hydrogens (tertiary/aromatic N) is 1. The second-order valence-electron chi connectivity index (χ2n) is 5.22. The van der Waals surface area contributed by atoms with Crippen LogP contribution in [0.25, 0.3) is 0 Å². The van der Waals surface area contributed by atoms with Crippen molar-refractivity contribution in [1.29, 1.82) is 0 Å². The molecule has 1 heterocycles. The van der Waals surface area contributed by atoms with Crippen LogP contribution in [0.2, 0.25) is 0 Å². The average Bonchev–Trinajstić information content (AvgIpc) is 2.47. The Balaban J connectivity index is 0.00000220. The molecule has 1 fully saturated rings. The van der Waals surface area contributed by atoms with Gasteiger partial charge in [-0.15, -0.1) is 24.2 Å². The van der Waals surface area contributed by atoms with Gasteiger partial charge in [0.1, 0.15) is 0 Å². The molecule has 120 valence electrons. The molecule has 1 aliphatic rings. The van der Waals surface area contributed by atoms with E-state index in [0.29, 0.717) is 23.9 Å². The maximum atomic E-state index is 12.8. The SMILES string of the molecule is CSc1cccc(S(=O)(=O)N2CCCC(C)C2CN)c1.Cl. The first-order valence-electron chi connectivity index (χ1n) is 6.86. The fourth-order valence-corrected chi connectivity index (χ4v) is 5.11. The Hall–Kier alpha value is -0.270. The number of halogens is 1. The van der Waals surface area contributed by atoms with E-state index in [1.54, 1.807) is 34.3 Å². The van der Waals surface area contributed by atoms with Gasteiger partial charge in [0.25, 0.3) is 0 Å². The quantitative estimate of drug-likeness (QED) is 0.848. The molecular formula is C14H23ClN2O2S2. The van der Waals surface area contributed by atoms with E-state index in [0.717, 1.165) is 17.7 Å². The minimum absolute atomic E-state index is 0. The zero-order chi connectivity index (χ0) is 14.8.